The van der Waals surface area contributed by atoms with Gasteiger partial charge in [-0.3, -0.25) is 19.3 Å². The lowest BCUT2D eigenvalue weighted by Crippen LogP contribution is -2.48. The highest BCUT2D eigenvalue weighted by atomic mass is 19.3. The highest BCUT2D eigenvalue weighted by Gasteiger charge is 2.44. The highest BCUT2D eigenvalue weighted by Crippen LogP contribution is 2.30. The SMILES string of the molecule is COC(=O)c1cc(N2CCC[C@@H](C)C2)ccc1NC(=O)[C@H](CC(F)F)N1C(=O)c2ccccc2C1=O. The van der Waals surface area contributed by atoms with Crippen LogP contribution in [0.15, 0.2) is 42.5 Å². The molecule has 36 heavy (non-hydrogen) atoms. The van der Waals surface area contributed by atoms with Gasteiger partial charge in [0, 0.05) is 25.2 Å². The van der Waals surface area contributed by atoms with Crippen LogP contribution in [0.1, 0.15) is 57.3 Å². The Morgan fingerprint density at radius 3 is 2.36 bits per heavy atom. The molecule has 1 N–H and O–H groups in total. The molecule has 2 aliphatic heterocycles. The molecule has 190 valence electrons. The summed E-state index contributed by atoms with van der Waals surface area (Å²) in [4.78, 5) is 54.2. The van der Waals surface area contributed by atoms with Crippen molar-refractivity contribution >= 4 is 35.1 Å². The molecule has 3 amide bonds. The summed E-state index contributed by atoms with van der Waals surface area (Å²) >= 11 is 0. The smallest absolute Gasteiger partial charge is 0.340 e. The number of methoxy groups -OCH3 is 1. The molecule has 10 heteroatoms. The number of fused-ring (bicyclic) bond motifs is 1. The number of rotatable bonds is 7. The maximum absolute atomic E-state index is 13.5. The van der Waals surface area contributed by atoms with Gasteiger partial charge in [0.05, 0.1) is 29.5 Å². The number of nitrogens with zero attached hydrogens (tertiary/aromatic N) is 2. The van der Waals surface area contributed by atoms with Gasteiger partial charge in [-0.15, -0.1) is 0 Å². The summed E-state index contributed by atoms with van der Waals surface area (Å²) in [5.74, 6) is -2.88. The summed E-state index contributed by atoms with van der Waals surface area (Å²) in [6.07, 6.45) is -1.90. The minimum Gasteiger partial charge on any atom is -0.465 e. The summed E-state index contributed by atoms with van der Waals surface area (Å²) in [5.41, 5.74) is 0.940. The Hall–Kier alpha value is -3.82. The van der Waals surface area contributed by atoms with Gasteiger partial charge in [-0.1, -0.05) is 19.1 Å². The molecular formula is C26H27F2N3O5. The van der Waals surface area contributed by atoms with Crippen LogP contribution in [0, 0.1) is 5.92 Å². The summed E-state index contributed by atoms with van der Waals surface area (Å²) in [6, 6.07) is 8.94. The quantitative estimate of drug-likeness (QED) is 0.458. The van der Waals surface area contributed by atoms with Crippen LogP contribution in [0.3, 0.4) is 0 Å². The van der Waals surface area contributed by atoms with Gasteiger partial charge in [-0.05, 0) is 49.1 Å². The largest absolute Gasteiger partial charge is 0.465 e. The van der Waals surface area contributed by atoms with Gasteiger partial charge < -0.3 is 15.0 Å². The molecule has 2 aromatic rings. The Morgan fingerprint density at radius 1 is 1.11 bits per heavy atom. The van der Waals surface area contributed by atoms with Gasteiger partial charge in [0.25, 0.3) is 11.8 Å². The van der Waals surface area contributed by atoms with E-state index in [4.69, 9.17) is 4.74 Å². The summed E-state index contributed by atoms with van der Waals surface area (Å²) < 4.78 is 31.8. The zero-order valence-electron chi connectivity index (χ0n) is 20.0. The summed E-state index contributed by atoms with van der Waals surface area (Å²) in [5, 5.41) is 2.48. The number of hydrogen-bond acceptors (Lipinski definition) is 6. The molecule has 2 heterocycles. The van der Waals surface area contributed by atoms with Gasteiger partial charge in [-0.25, -0.2) is 13.6 Å². The van der Waals surface area contributed by atoms with Crippen molar-refractivity contribution < 1.29 is 32.7 Å². The second-order valence-electron chi connectivity index (χ2n) is 9.07. The van der Waals surface area contributed by atoms with E-state index < -0.39 is 42.6 Å². The van der Waals surface area contributed by atoms with Gasteiger partial charge in [0.15, 0.2) is 0 Å². The lowest BCUT2D eigenvalue weighted by atomic mass is 9.99. The first-order valence-electron chi connectivity index (χ1n) is 11.7. The van der Waals surface area contributed by atoms with Gasteiger partial charge >= 0.3 is 5.97 Å². The first-order chi connectivity index (χ1) is 17.2. The van der Waals surface area contributed by atoms with Crippen molar-refractivity contribution in [3.05, 3.63) is 59.2 Å². The van der Waals surface area contributed by atoms with E-state index in [2.05, 4.69) is 17.1 Å². The summed E-state index contributed by atoms with van der Waals surface area (Å²) in [7, 11) is 1.20. The minimum atomic E-state index is -2.96. The average molecular weight is 500 g/mol. The standard InChI is InChI=1S/C26H27F2N3O5/c1-15-6-5-11-30(14-15)16-9-10-20(19(12-16)26(35)36-2)29-23(32)21(13-22(27)28)31-24(33)17-7-3-4-8-18(17)25(31)34/h3-4,7-10,12,15,21-22H,5-6,11,13-14H2,1-2H3,(H,29,32)/t15-,21+/m1/s1. The van der Waals surface area contributed by atoms with E-state index >= 15 is 0 Å². The van der Waals surface area contributed by atoms with Crippen LogP contribution in [0.25, 0.3) is 0 Å². The molecule has 4 rings (SSSR count). The number of halogens is 2. The molecule has 2 aliphatic rings. The van der Waals surface area contributed by atoms with E-state index in [9.17, 15) is 28.0 Å². The monoisotopic (exact) mass is 499 g/mol. The van der Waals surface area contributed by atoms with Crippen molar-refractivity contribution in [2.75, 3.05) is 30.4 Å². The molecule has 0 aliphatic carbocycles. The molecule has 0 aromatic heterocycles. The maximum atomic E-state index is 13.5. The molecule has 1 fully saturated rings. The van der Waals surface area contributed by atoms with Crippen LogP contribution >= 0.6 is 0 Å². The Bertz CT molecular complexity index is 1170. The topological polar surface area (TPSA) is 96.0 Å². The third kappa shape index (κ3) is 4.93. The minimum absolute atomic E-state index is 0.0385. The van der Waals surface area contributed by atoms with Crippen molar-refractivity contribution in [2.45, 2.75) is 38.7 Å². The fourth-order valence-corrected chi connectivity index (χ4v) is 4.75. The molecule has 0 bridgehead atoms. The zero-order valence-corrected chi connectivity index (χ0v) is 20.0. The predicted octanol–water partition coefficient (Wildman–Crippen LogP) is 3.97. The van der Waals surface area contributed by atoms with Crippen LogP contribution in [-0.2, 0) is 9.53 Å². The number of amides is 3. The average Bonchev–Trinajstić information content (AvgIpc) is 3.12. The van der Waals surface area contributed by atoms with E-state index in [0.717, 1.165) is 31.6 Å². The predicted molar refractivity (Wildman–Crippen MR) is 128 cm³/mol. The van der Waals surface area contributed by atoms with Crippen LogP contribution in [0.2, 0.25) is 0 Å². The number of ether oxygens (including phenoxy) is 1. The number of benzene rings is 2. The van der Waals surface area contributed by atoms with Gasteiger partial charge in [0.1, 0.15) is 6.04 Å². The Kier molecular flexibility index (Phi) is 7.32. The van der Waals surface area contributed by atoms with Crippen LogP contribution in [0.5, 0.6) is 0 Å². The molecule has 0 unspecified atom stereocenters. The molecular weight excluding hydrogens is 472 g/mol. The Morgan fingerprint density at radius 2 is 1.78 bits per heavy atom. The number of alkyl halides is 2. The number of carbonyl (C=O) groups is 4. The number of nitrogens with one attached hydrogen (secondary N) is 1. The van der Waals surface area contributed by atoms with E-state index in [1.54, 1.807) is 24.3 Å². The molecule has 0 radical (unpaired) electrons. The second kappa shape index (κ2) is 10.4. The lowest BCUT2D eigenvalue weighted by molar-refractivity contribution is -0.121. The van der Waals surface area contributed by atoms with Crippen molar-refractivity contribution in [1.29, 1.82) is 0 Å². The third-order valence-corrected chi connectivity index (χ3v) is 6.53. The maximum Gasteiger partial charge on any atom is 0.340 e. The lowest BCUT2D eigenvalue weighted by Gasteiger charge is -2.33. The van der Waals surface area contributed by atoms with Crippen LogP contribution in [0.4, 0.5) is 20.2 Å². The van der Waals surface area contributed by atoms with E-state index in [0.29, 0.717) is 10.8 Å². The fourth-order valence-electron chi connectivity index (χ4n) is 4.75. The number of piperidine rings is 1. The molecule has 1 saturated heterocycles. The van der Waals surface area contributed by atoms with Crippen molar-refractivity contribution in [3.8, 4) is 0 Å². The van der Waals surface area contributed by atoms with Gasteiger partial charge in [0.2, 0.25) is 12.3 Å². The number of hydrogen-bond donors (Lipinski definition) is 1. The third-order valence-electron chi connectivity index (χ3n) is 6.53. The molecule has 0 saturated carbocycles. The fraction of sp³-hybridized carbons (Fsp3) is 0.385. The van der Waals surface area contributed by atoms with Crippen LogP contribution in [-0.4, -0.2) is 61.3 Å². The molecule has 0 spiro atoms. The molecule has 2 atom stereocenters. The number of carbonyl (C=O) groups excluding carboxylic acids is 4. The Balaban J connectivity index is 1.63. The van der Waals surface area contributed by atoms with E-state index in [1.165, 1.54) is 25.3 Å². The van der Waals surface area contributed by atoms with Crippen LogP contribution < -0.4 is 10.2 Å². The number of imide groups is 1. The zero-order chi connectivity index (χ0) is 26.0. The van der Waals surface area contributed by atoms with Crippen molar-refractivity contribution in [1.82, 2.24) is 4.90 Å². The second-order valence-corrected chi connectivity index (χ2v) is 9.07. The van der Waals surface area contributed by atoms with E-state index in [-0.39, 0.29) is 22.4 Å². The normalized spacial score (nSPS) is 18.3. The number of esters is 1. The highest BCUT2D eigenvalue weighted by molar-refractivity contribution is 6.23. The van der Waals surface area contributed by atoms with Gasteiger partial charge in [-0.2, -0.15) is 0 Å². The number of anilines is 2. The van der Waals surface area contributed by atoms with E-state index in [1.807, 2.05) is 0 Å². The first kappa shape index (κ1) is 25.3. The molecule has 8 nitrogen and oxygen atoms in total. The Labute approximate surface area is 207 Å². The van der Waals surface area contributed by atoms with Crippen molar-refractivity contribution in [3.63, 3.8) is 0 Å². The molecule has 2 aromatic carbocycles. The van der Waals surface area contributed by atoms with Crippen molar-refractivity contribution in [2.24, 2.45) is 5.92 Å². The summed E-state index contributed by atoms with van der Waals surface area (Å²) in [6.45, 7) is 3.76. The first-order valence-corrected chi connectivity index (χ1v) is 11.7.